The minimum Gasteiger partial charge on any atom is -0.473 e. The van der Waals surface area contributed by atoms with Crippen molar-refractivity contribution in [2.75, 3.05) is 18.4 Å². The van der Waals surface area contributed by atoms with Crippen molar-refractivity contribution in [3.05, 3.63) is 18.3 Å². The highest BCUT2D eigenvalue weighted by molar-refractivity contribution is 5.81. The van der Waals surface area contributed by atoms with Crippen LogP contribution in [0.2, 0.25) is 0 Å². The van der Waals surface area contributed by atoms with Gasteiger partial charge in [0.2, 0.25) is 11.8 Å². The number of carbonyl (C=O) groups excluding carboxylic acids is 1. The van der Waals surface area contributed by atoms with Gasteiger partial charge in [0.05, 0.1) is 18.3 Å². The fraction of sp³-hybridized carbons (Fsp3) is 0.500. The van der Waals surface area contributed by atoms with Crippen molar-refractivity contribution in [3.8, 4) is 5.88 Å². The van der Waals surface area contributed by atoms with E-state index in [2.05, 4.69) is 15.6 Å². The van der Waals surface area contributed by atoms with Crippen LogP contribution in [0.3, 0.4) is 0 Å². The Hall–Kier alpha value is -1.78. The molecule has 2 N–H and O–H groups in total. The van der Waals surface area contributed by atoms with Crippen molar-refractivity contribution in [2.24, 2.45) is 0 Å². The van der Waals surface area contributed by atoms with Crippen LogP contribution in [0.5, 0.6) is 5.88 Å². The third-order valence-electron chi connectivity index (χ3n) is 1.93. The number of hydrogen-bond acceptors (Lipinski definition) is 4. The van der Waals surface area contributed by atoms with Crippen molar-refractivity contribution in [3.63, 3.8) is 0 Å². The number of amides is 1. The van der Waals surface area contributed by atoms with E-state index in [1.54, 1.807) is 12.3 Å². The van der Waals surface area contributed by atoms with Crippen LogP contribution >= 0.6 is 0 Å². The molecular weight excluding hydrogens is 218 g/mol. The number of pyridine rings is 1. The Morgan fingerprint density at radius 2 is 2.29 bits per heavy atom. The van der Waals surface area contributed by atoms with Gasteiger partial charge in [-0.3, -0.25) is 4.79 Å². The quantitative estimate of drug-likeness (QED) is 0.785. The van der Waals surface area contributed by atoms with Gasteiger partial charge in [-0.15, -0.1) is 0 Å². The monoisotopic (exact) mass is 237 g/mol. The van der Waals surface area contributed by atoms with Crippen molar-refractivity contribution < 1.29 is 9.53 Å². The molecule has 0 bridgehead atoms. The normalized spacial score (nSPS) is 10.1. The zero-order valence-electron chi connectivity index (χ0n) is 10.5. The molecule has 0 aliphatic heterocycles. The lowest BCUT2D eigenvalue weighted by Crippen LogP contribution is -2.29. The molecule has 0 aliphatic carbocycles. The Labute approximate surface area is 102 Å². The molecule has 0 atom stereocenters. The number of anilines is 1. The smallest absolute Gasteiger partial charge is 0.239 e. The van der Waals surface area contributed by atoms with Gasteiger partial charge < -0.3 is 15.4 Å². The highest BCUT2D eigenvalue weighted by atomic mass is 16.5. The van der Waals surface area contributed by atoms with Gasteiger partial charge in [-0.1, -0.05) is 0 Å². The Kier molecular flexibility index (Phi) is 5.26. The number of rotatable bonds is 6. The summed E-state index contributed by atoms with van der Waals surface area (Å²) >= 11 is 0. The third-order valence-corrected chi connectivity index (χ3v) is 1.93. The fourth-order valence-corrected chi connectivity index (χ4v) is 1.28. The minimum atomic E-state index is -0.0492. The molecule has 94 valence electrons. The summed E-state index contributed by atoms with van der Waals surface area (Å²) < 4.78 is 5.53. The molecule has 5 nitrogen and oxygen atoms in total. The first kappa shape index (κ1) is 13.3. The summed E-state index contributed by atoms with van der Waals surface area (Å²) in [5.41, 5.74) is 0.729. The molecule has 5 heteroatoms. The molecule has 0 saturated carbocycles. The third kappa shape index (κ3) is 4.72. The lowest BCUT2D eigenvalue weighted by molar-refractivity contribution is -0.119. The summed E-state index contributed by atoms with van der Waals surface area (Å²) in [5.74, 6) is 0.471. The summed E-state index contributed by atoms with van der Waals surface area (Å²) in [5, 5.41) is 5.72. The maximum absolute atomic E-state index is 11.3. The summed E-state index contributed by atoms with van der Waals surface area (Å²) in [7, 11) is 0. The molecule has 1 amide bonds. The number of aromatic nitrogens is 1. The van der Waals surface area contributed by atoms with E-state index >= 15 is 0 Å². The van der Waals surface area contributed by atoms with Crippen LogP contribution in [-0.4, -0.2) is 30.1 Å². The average molecular weight is 237 g/mol. The standard InChI is InChI=1S/C12H19N3O2/c1-4-13-11(16)8-15-10-6-5-7-14-12(10)17-9(2)3/h5-7,9,15H,4,8H2,1-3H3,(H,13,16). The predicted octanol–water partition coefficient (Wildman–Crippen LogP) is 1.42. The van der Waals surface area contributed by atoms with Crippen LogP contribution in [0, 0.1) is 0 Å². The summed E-state index contributed by atoms with van der Waals surface area (Å²) in [6.07, 6.45) is 1.71. The van der Waals surface area contributed by atoms with Crippen LogP contribution in [0.4, 0.5) is 5.69 Å². The SMILES string of the molecule is CCNC(=O)CNc1cccnc1OC(C)C. The van der Waals surface area contributed by atoms with Gasteiger partial charge in [0, 0.05) is 12.7 Å². The van der Waals surface area contributed by atoms with Crippen LogP contribution < -0.4 is 15.4 Å². The first-order chi connectivity index (χ1) is 8.13. The minimum absolute atomic E-state index is 0.0492. The molecule has 1 rings (SSSR count). The number of likely N-dealkylation sites (N-methyl/N-ethyl adjacent to an activating group) is 1. The molecular formula is C12H19N3O2. The van der Waals surface area contributed by atoms with Gasteiger partial charge in [0.15, 0.2) is 0 Å². The van der Waals surface area contributed by atoms with Crippen molar-refractivity contribution in [2.45, 2.75) is 26.9 Å². The molecule has 0 saturated heterocycles. The molecule has 0 radical (unpaired) electrons. The number of nitrogens with zero attached hydrogens (tertiary/aromatic N) is 1. The lowest BCUT2D eigenvalue weighted by atomic mass is 10.4. The van der Waals surface area contributed by atoms with Gasteiger partial charge in [0.25, 0.3) is 0 Å². The van der Waals surface area contributed by atoms with E-state index in [4.69, 9.17) is 4.74 Å². The zero-order chi connectivity index (χ0) is 12.7. The second-order valence-electron chi connectivity index (χ2n) is 3.83. The zero-order valence-corrected chi connectivity index (χ0v) is 10.5. The highest BCUT2D eigenvalue weighted by Crippen LogP contribution is 2.21. The van der Waals surface area contributed by atoms with E-state index in [1.165, 1.54) is 0 Å². The number of ether oxygens (including phenoxy) is 1. The second-order valence-corrected chi connectivity index (χ2v) is 3.83. The maximum atomic E-state index is 11.3. The van der Waals surface area contributed by atoms with E-state index in [0.717, 1.165) is 5.69 Å². The topological polar surface area (TPSA) is 63.2 Å². The van der Waals surface area contributed by atoms with Crippen LogP contribution in [0.1, 0.15) is 20.8 Å². The highest BCUT2D eigenvalue weighted by Gasteiger charge is 2.07. The van der Waals surface area contributed by atoms with E-state index in [1.807, 2.05) is 26.8 Å². The molecule has 1 aromatic rings. The number of carbonyl (C=O) groups is 1. The average Bonchev–Trinajstić information content (AvgIpc) is 2.27. The Balaban J connectivity index is 2.60. The predicted molar refractivity (Wildman–Crippen MR) is 67.2 cm³/mol. The van der Waals surface area contributed by atoms with E-state index in [0.29, 0.717) is 12.4 Å². The molecule has 1 heterocycles. The fourth-order valence-electron chi connectivity index (χ4n) is 1.28. The van der Waals surface area contributed by atoms with Crippen molar-refractivity contribution in [1.82, 2.24) is 10.3 Å². The second kappa shape index (κ2) is 6.73. The first-order valence-electron chi connectivity index (χ1n) is 5.75. The Morgan fingerprint density at radius 3 is 2.94 bits per heavy atom. The first-order valence-corrected chi connectivity index (χ1v) is 5.75. The van der Waals surface area contributed by atoms with E-state index in [-0.39, 0.29) is 18.6 Å². The summed E-state index contributed by atoms with van der Waals surface area (Å²) in [6, 6.07) is 3.64. The van der Waals surface area contributed by atoms with Gasteiger partial charge in [-0.05, 0) is 32.9 Å². The number of hydrogen-bond donors (Lipinski definition) is 2. The van der Waals surface area contributed by atoms with Crippen LogP contribution in [0.15, 0.2) is 18.3 Å². The molecule has 0 fully saturated rings. The van der Waals surface area contributed by atoms with Gasteiger partial charge in [-0.25, -0.2) is 4.98 Å². The number of nitrogens with one attached hydrogen (secondary N) is 2. The van der Waals surface area contributed by atoms with Crippen molar-refractivity contribution >= 4 is 11.6 Å². The lowest BCUT2D eigenvalue weighted by Gasteiger charge is -2.13. The maximum Gasteiger partial charge on any atom is 0.239 e. The summed E-state index contributed by atoms with van der Waals surface area (Å²) in [6.45, 7) is 6.59. The molecule has 1 aromatic heterocycles. The molecule has 0 unspecified atom stereocenters. The van der Waals surface area contributed by atoms with Crippen molar-refractivity contribution in [1.29, 1.82) is 0 Å². The molecule has 0 aliphatic rings. The molecule has 0 aromatic carbocycles. The van der Waals surface area contributed by atoms with E-state index < -0.39 is 0 Å². The molecule has 0 spiro atoms. The van der Waals surface area contributed by atoms with Gasteiger partial charge in [0.1, 0.15) is 0 Å². The molecule has 17 heavy (non-hydrogen) atoms. The Bertz CT molecular complexity index is 367. The van der Waals surface area contributed by atoms with Gasteiger partial charge >= 0.3 is 0 Å². The Morgan fingerprint density at radius 1 is 1.53 bits per heavy atom. The van der Waals surface area contributed by atoms with E-state index in [9.17, 15) is 4.79 Å². The van der Waals surface area contributed by atoms with Crippen LogP contribution in [-0.2, 0) is 4.79 Å². The van der Waals surface area contributed by atoms with Gasteiger partial charge in [-0.2, -0.15) is 0 Å². The largest absolute Gasteiger partial charge is 0.473 e. The summed E-state index contributed by atoms with van der Waals surface area (Å²) in [4.78, 5) is 15.4. The van der Waals surface area contributed by atoms with Crippen LogP contribution in [0.25, 0.3) is 0 Å².